The first kappa shape index (κ1) is 12.4. The molecular weight excluding hydrogens is 196 g/mol. The van der Waals surface area contributed by atoms with Crippen LogP contribution in [0, 0.1) is 17.3 Å². The van der Waals surface area contributed by atoms with E-state index in [-0.39, 0.29) is 0 Å². The van der Waals surface area contributed by atoms with Crippen molar-refractivity contribution in [3.05, 3.63) is 0 Å². The molecule has 2 nitrogen and oxygen atoms in total. The van der Waals surface area contributed by atoms with Crippen LogP contribution < -0.4 is 11.1 Å². The molecule has 94 valence electrons. The minimum atomic E-state index is 0.406. The zero-order chi connectivity index (χ0) is 11.8. The number of hydrogen-bond acceptors (Lipinski definition) is 2. The third kappa shape index (κ3) is 2.60. The van der Waals surface area contributed by atoms with Gasteiger partial charge in [-0.2, -0.15) is 0 Å². The maximum Gasteiger partial charge on any atom is 0.0192 e. The fraction of sp³-hybridized carbons (Fsp3) is 1.00. The van der Waals surface area contributed by atoms with E-state index in [0.29, 0.717) is 11.0 Å². The molecule has 3 atom stereocenters. The molecule has 3 N–H and O–H groups in total. The van der Waals surface area contributed by atoms with E-state index in [0.717, 1.165) is 24.9 Å². The molecule has 0 radical (unpaired) electrons. The van der Waals surface area contributed by atoms with Gasteiger partial charge >= 0.3 is 0 Å². The number of nitrogens with one attached hydrogen (secondary N) is 1. The van der Waals surface area contributed by atoms with E-state index >= 15 is 0 Å². The van der Waals surface area contributed by atoms with Crippen LogP contribution in [0.5, 0.6) is 0 Å². The van der Waals surface area contributed by atoms with Crippen molar-refractivity contribution < 1.29 is 0 Å². The Morgan fingerprint density at radius 1 is 1.25 bits per heavy atom. The van der Waals surface area contributed by atoms with Crippen LogP contribution in [0.15, 0.2) is 0 Å². The van der Waals surface area contributed by atoms with Crippen molar-refractivity contribution in [3.8, 4) is 0 Å². The Bertz CT molecular complexity index is 245. The molecule has 0 saturated heterocycles. The Hall–Kier alpha value is -0.0800. The van der Waals surface area contributed by atoms with Crippen LogP contribution in [0.25, 0.3) is 0 Å². The number of rotatable bonds is 3. The van der Waals surface area contributed by atoms with Gasteiger partial charge in [-0.3, -0.25) is 0 Å². The van der Waals surface area contributed by atoms with Crippen LogP contribution in [0.1, 0.15) is 52.9 Å². The zero-order valence-corrected chi connectivity index (χ0v) is 11.2. The van der Waals surface area contributed by atoms with Crippen molar-refractivity contribution in [2.24, 2.45) is 23.0 Å². The van der Waals surface area contributed by atoms with E-state index in [2.05, 4.69) is 26.1 Å². The first-order valence-corrected chi connectivity index (χ1v) is 6.90. The van der Waals surface area contributed by atoms with Gasteiger partial charge in [0, 0.05) is 18.6 Å². The van der Waals surface area contributed by atoms with E-state index in [4.69, 9.17) is 5.73 Å². The van der Waals surface area contributed by atoms with Gasteiger partial charge in [-0.1, -0.05) is 20.8 Å². The molecule has 0 aromatic carbocycles. The zero-order valence-electron chi connectivity index (χ0n) is 11.2. The summed E-state index contributed by atoms with van der Waals surface area (Å²) in [6.45, 7) is 9.04. The molecule has 2 saturated carbocycles. The number of nitrogens with two attached hydrogens (primary N) is 1. The second-order valence-corrected chi connectivity index (χ2v) is 7.16. The molecule has 2 bridgehead atoms. The highest BCUT2D eigenvalue weighted by molar-refractivity contribution is 5.03. The number of hydrogen-bond donors (Lipinski definition) is 2. The summed E-state index contributed by atoms with van der Waals surface area (Å²) in [6, 6.07) is 0. The fourth-order valence-electron chi connectivity index (χ4n) is 4.65. The lowest BCUT2D eigenvalue weighted by molar-refractivity contribution is 0.0141. The van der Waals surface area contributed by atoms with Gasteiger partial charge in [-0.05, 0) is 49.4 Å². The third-order valence-electron chi connectivity index (χ3n) is 4.46. The maximum atomic E-state index is 5.65. The molecule has 0 amide bonds. The van der Waals surface area contributed by atoms with Gasteiger partial charge in [0.1, 0.15) is 0 Å². The summed E-state index contributed by atoms with van der Waals surface area (Å²) in [5.41, 5.74) is 6.58. The Morgan fingerprint density at radius 3 is 2.69 bits per heavy atom. The lowest BCUT2D eigenvalue weighted by atomic mass is 9.56. The predicted octanol–water partition coefficient (Wildman–Crippen LogP) is 2.53. The Labute approximate surface area is 100 Å². The largest absolute Gasteiger partial charge is 0.329 e. The van der Waals surface area contributed by atoms with Crippen molar-refractivity contribution in [2.75, 3.05) is 13.1 Å². The average molecular weight is 224 g/mol. The summed E-state index contributed by atoms with van der Waals surface area (Å²) in [5, 5.41) is 3.78. The second-order valence-electron chi connectivity index (χ2n) is 7.16. The van der Waals surface area contributed by atoms with Crippen LogP contribution in [0.4, 0.5) is 0 Å². The van der Waals surface area contributed by atoms with Gasteiger partial charge in [0.25, 0.3) is 0 Å². The topological polar surface area (TPSA) is 38.0 Å². The Balaban J connectivity index is 2.12. The molecule has 3 unspecified atom stereocenters. The molecule has 2 aliphatic rings. The van der Waals surface area contributed by atoms with Crippen molar-refractivity contribution in [3.63, 3.8) is 0 Å². The standard InChI is InChI=1S/C14H28N2/c1-11-6-12-8-13(2,3)10-14(7-11,9-12)16-5-4-15/h11-12,16H,4-10,15H2,1-3H3. The molecule has 16 heavy (non-hydrogen) atoms. The van der Waals surface area contributed by atoms with E-state index in [1.165, 1.54) is 32.1 Å². The van der Waals surface area contributed by atoms with Crippen LogP contribution >= 0.6 is 0 Å². The highest BCUT2D eigenvalue weighted by Gasteiger charge is 2.47. The molecule has 2 rings (SSSR count). The molecule has 2 aliphatic carbocycles. The first-order chi connectivity index (χ1) is 7.45. The number of fused-ring (bicyclic) bond motifs is 2. The summed E-state index contributed by atoms with van der Waals surface area (Å²) in [5.74, 6) is 1.83. The van der Waals surface area contributed by atoms with Gasteiger partial charge in [-0.15, -0.1) is 0 Å². The van der Waals surface area contributed by atoms with Crippen LogP contribution in [0.2, 0.25) is 0 Å². The minimum absolute atomic E-state index is 0.406. The van der Waals surface area contributed by atoms with Gasteiger partial charge < -0.3 is 11.1 Å². The van der Waals surface area contributed by atoms with Gasteiger partial charge in [0.2, 0.25) is 0 Å². The van der Waals surface area contributed by atoms with Crippen molar-refractivity contribution in [1.82, 2.24) is 5.32 Å². The summed E-state index contributed by atoms with van der Waals surface area (Å²) >= 11 is 0. The van der Waals surface area contributed by atoms with Gasteiger partial charge in [0.15, 0.2) is 0 Å². The van der Waals surface area contributed by atoms with E-state index in [9.17, 15) is 0 Å². The quantitative estimate of drug-likeness (QED) is 0.773. The minimum Gasteiger partial charge on any atom is -0.329 e. The molecule has 0 spiro atoms. The highest BCUT2D eigenvalue weighted by Crippen LogP contribution is 2.51. The van der Waals surface area contributed by atoms with E-state index < -0.39 is 0 Å². The Morgan fingerprint density at radius 2 is 2.00 bits per heavy atom. The van der Waals surface area contributed by atoms with Crippen LogP contribution in [-0.4, -0.2) is 18.6 Å². The lowest BCUT2D eigenvalue weighted by Crippen LogP contribution is -2.57. The molecule has 0 aromatic rings. The van der Waals surface area contributed by atoms with Crippen LogP contribution in [0.3, 0.4) is 0 Å². The molecule has 0 heterocycles. The Kier molecular flexibility index (Phi) is 3.33. The first-order valence-electron chi connectivity index (χ1n) is 6.90. The van der Waals surface area contributed by atoms with Crippen molar-refractivity contribution in [2.45, 2.75) is 58.4 Å². The van der Waals surface area contributed by atoms with Crippen molar-refractivity contribution >= 4 is 0 Å². The second kappa shape index (κ2) is 4.30. The maximum absolute atomic E-state index is 5.65. The lowest BCUT2D eigenvalue weighted by Gasteiger charge is -2.54. The smallest absolute Gasteiger partial charge is 0.0192 e. The SMILES string of the molecule is CC1CC2CC(C)(C)CC(NCCN)(C1)C2. The predicted molar refractivity (Wildman–Crippen MR) is 69.3 cm³/mol. The average Bonchev–Trinajstić information content (AvgIpc) is 2.10. The third-order valence-corrected chi connectivity index (χ3v) is 4.46. The summed E-state index contributed by atoms with van der Waals surface area (Å²) in [4.78, 5) is 0. The highest BCUT2D eigenvalue weighted by atomic mass is 15.0. The fourth-order valence-corrected chi connectivity index (χ4v) is 4.65. The molecule has 0 aromatic heterocycles. The monoisotopic (exact) mass is 224 g/mol. The summed E-state index contributed by atoms with van der Waals surface area (Å²) in [6.07, 6.45) is 6.94. The molecule has 2 fully saturated rings. The summed E-state index contributed by atoms with van der Waals surface area (Å²) < 4.78 is 0. The molecule has 0 aliphatic heterocycles. The van der Waals surface area contributed by atoms with Gasteiger partial charge in [0.05, 0.1) is 0 Å². The van der Waals surface area contributed by atoms with E-state index in [1.54, 1.807) is 0 Å². The molecular formula is C14H28N2. The van der Waals surface area contributed by atoms with Crippen molar-refractivity contribution in [1.29, 1.82) is 0 Å². The van der Waals surface area contributed by atoms with E-state index in [1.807, 2.05) is 0 Å². The normalized spacial score (nSPS) is 42.0. The van der Waals surface area contributed by atoms with Crippen LogP contribution in [-0.2, 0) is 0 Å². The van der Waals surface area contributed by atoms with Gasteiger partial charge in [-0.25, -0.2) is 0 Å². The summed E-state index contributed by atoms with van der Waals surface area (Å²) in [7, 11) is 0. The molecule has 2 heteroatoms.